The predicted octanol–water partition coefficient (Wildman–Crippen LogP) is 3.86. The summed E-state index contributed by atoms with van der Waals surface area (Å²) in [5.74, 6) is 0.911. The number of fused-ring (bicyclic) bond motifs is 1. The number of hydrogen-bond acceptors (Lipinski definition) is 10. The van der Waals surface area contributed by atoms with E-state index in [1.165, 1.54) is 37.2 Å². The molecule has 216 valence electrons. The first-order valence-electron chi connectivity index (χ1n) is 13.0. The number of allylic oxidation sites excluding steroid dienone is 1. The Morgan fingerprint density at radius 2 is 1.86 bits per heavy atom. The zero-order valence-electron chi connectivity index (χ0n) is 23.6. The molecule has 2 aromatic heterocycles. The summed E-state index contributed by atoms with van der Waals surface area (Å²) in [6, 6.07) is 14.7. The fourth-order valence-corrected chi connectivity index (χ4v) is 5.80. The average Bonchev–Trinajstić information content (AvgIpc) is 3.59. The van der Waals surface area contributed by atoms with Gasteiger partial charge in [0.25, 0.3) is 5.56 Å². The molecule has 0 aliphatic carbocycles. The quantitative estimate of drug-likeness (QED) is 0.285. The van der Waals surface area contributed by atoms with Crippen LogP contribution in [0, 0.1) is 0 Å². The Morgan fingerprint density at radius 1 is 1.05 bits per heavy atom. The summed E-state index contributed by atoms with van der Waals surface area (Å²) in [5.41, 5.74) is 1.91. The third-order valence-corrected chi connectivity index (χ3v) is 7.70. The molecule has 0 unspecified atom stereocenters. The highest BCUT2D eigenvalue weighted by molar-refractivity contribution is 7.07. The van der Waals surface area contributed by atoms with Crippen molar-refractivity contribution in [1.29, 1.82) is 0 Å². The monoisotopic (exact) mass is 588 g/mol. The lowest BCUT2D eigenvalue weighted by Gasteiger charge is -2.26. The van der Waals surface area contributed by atoms with Crippen LogP contribution in [-0.4, -0.2) is 44.4 Å². The van der Waals surface area contributed by atoms with Crippen molar-refractivity contribution in [2.75, 3.05) is 27.9 Å². The summed E-state index contributed by atoms with van der Waals surface area (Å²) >= 11 is 1.17. The molecule has 5 rings (SSSR count). The number of carbonyl (C=O) groups excluding carboxylic acids is 2. The first kappa shape index (κ1) is 28.6. The summed E-state index contributed by atoms with van der Waals surface area (Å²) in [6.07, 6.45) is 1.63. The van der Waals surface area contributed by atoms with E-state index < -0.39 is 18.0 Å². The predicted molar refractivity (Wildman–Crippen MR) is 155 cm³/mol. The number of methoxy groups -OCH3 is 3. The van der Waals surface area contributed by atoms with Gasteiger partial charge in [0.1, 0.15) is 29.1 Å². The van der Waals surface area contributed by atoms with Crippen molar-refractivity contribution >= 4 is 29.4 Å². The van der Waals surface area contributed by atoms with Gasteiger partial charge in [0, 0.05) is 17.2 Å². The molecule has 0 N–H and O–H groups in total. The van der Waals surface area contributed by atoms with Crippen LogP contribution in [-0.2, 0) is 14.3 Å². The van der Waals surface area contributed by atoms with Crippen molar-refractivity contribution in [2.45, 2.75) is 19.9 Å². The van der Waals surface area contributed by atoms with E-state index in [1.807, 2.05) is 6.07 Å². The molecule has 0 bridgehead atoms. The molecule has 42 heavy (non-hydrogen) atoms. The average molecular weight is 589 g/mol. The summed E-state index contributed by atoms with van der Waals surface area (Å²) in [4.78, 5) is 44.1. The Labute approximate surface area is 244 Å². The smallest absolute Gasteiger partial charge is 0.338 e. The summed E-state index contributed by atoms with van der Waals surface area (Å²) < 4.78 is 29.1. The molecule has 2 aromatic carbocycles. The number of carbonyl (C=O) groups is 2. The van der Waals surface area contributed by atoms with Gasteiger partial charge in [0.05, 0.1) is 49.3 Å². The van der Waals surface area contributed by atoms with Gasteiger partial charge in [0.15, 0.2) is 4.80 Å². The van der Waals surface area contributed by atoms with E-state index in [1.54, 1.807) is 68.5 Å². The molecular weight excluding hydrogens is 560 g/mol. The Hall–Kier alpha value is -4.90. The molecule has 3 heterocycles. The Bertz CT molecular complexity index is 1900. The molecule has 0 spiro atoms. The van der Waals surface area contributed by atoms with Gasteiger partial charge >= 0.3 is 11.9 Å². The molecule has 4 aromatic rings. The van der Waals surface area contributed by atoms with E-state index >= 15 is 0 Å². The third-order valence-electron chi connectivity index (χ3n) is 6.72. The molecule has 1 atom stereocenters. The largest absolute Gasteiger partial charge is 0.497 e. The van der Waals surface area contributed by atoms with Gasteiger partial charge in [-0.2, -0.15) is 0 Å². The minimum atomic E-state index is -0.874. The number of nitrogens with zero attached hydrogens (tertiary/aromatic N) is 2. The maximum Gasteiger partial charge on any atom is 0.338 e. The molecule has 0 saturated carbocycles. The SMILES string of the molecule is CCOC(=O)C1=C(C)N=c2s/c(=C/c3ccc(-c4cccc(C(=O)OC)c4)o3)c(=O)n2[C@H]1c1cc(OC)ccc1OC. The van der Waals surface area contributed by atoms with Crippen molar-refractivity contribution in [3.05, 3.63) is 102 Å². The molecule has 1 aliphatic heterocycles. The lowest BCUT2D eigenvalue weighted by Crippen LogP contribution is -2.40. The van der Waals surface area contributed by atoms with Crippen molar-refractivity contribution < 1.29 is 33.0 Å². The van der Waals surface area contributed by atoms with E-state index in [-0.39, 0.29) is 17.7 Å². The lowest BCUT2D eigenvalue weighted by atomic mass is 9.95. The van der Waals surface area contributed by atoms with Crippen LogP contribution in [0.1, 0.15) is 41.6 Å². The first-order chi connectivity index (χ1) is 20.3. The second kappa shape index (κ2) is 11.9. The molecule has 11 heteroatoms. The molecule has 10 nitrogen and oxygen atoms in total. The summed E-state index contributed by atoms with van der Waals surface area (Å²) in [6.45, 7) is 3.59. The highest BCUT2D eigenvalue weighted by Gasteiger charge is 2.35. The van der Waals surface area contributed by atoms with Crippen LogP contribution in [0.3, 0.4) is 0 Å². The van der Waals surface area contributed by atoms with Crippen LogP contribution in [0.4, 0.5) is 0 Å². The molecular formula is C31H28N2O8S. The second-order valence-electron chi connectivity index (χ2n) is 9.18. The van der Waals surface area contributed by atoms with Gasteiger partial charge in [-0.05, 0) is 56.3 Å². The van der Waals surface area contributed by atoms with Crippen molar-refractivity contribution in [1.82, 2.24) is 4.57 Å². The van der Waals surface area contributed by atoms with Crippen molar-refractivity contribution in [3.63, 3.8) is 0 Å². The van der Waals surface area contributed by atoms with Crippen LogP contribution in [0.5, 0.6) is 11.5 Å². The Balaban J connectivity index is 1.65. The van der Waals surface area contributed by atoms with Crippen molar-refractivity contribution in [3.8, 4) is 22.8 Å². The number of aromatic nitrogens is 1. The number of esters is 2. The van der Waals surface area contributed by atoms with Gasteiger partial charge in [-0.15, -0.1) is 0 Å². The van der Waals surface area contributed by atoms with Crippen LogP contribution < -0.4 is 24.4 Å². The van der Waals surface area contributed by atoms with E-state index in [2.05, 4.69) is 4.99 Å². The number of furan rings is 1. The maximum atomic E-state index is 14.0. The highest BCUT2D eigenvalue weighted by atomic mass is 32.1. The first-order valence-corrected chi connectivity index (χ1v) is 13.8. The second-order valence-corrected chi connectivity index (χ2v) is 10.2. The molecule has 0 fully saturated rings. The maximum absolute atomic E-state index is 14.0. The van der Waals surface area contributed by atoms with E-state index in [0.29, 0.717) is 54.7 Å². The Morgan fingerprint density at radius 3 is 2.57 bits per heavy atom. The van der Waals surface area contributed by atoms with Gasteiger partial charge in [-0.3, -0.25) is 9.36 Å². The van der Waals surface area contributed by atoms with Crippen LogP contribution in [0.15, 0.2) is 80.1 Å². The van der Waals surface area contributed by atoms with Crippen LogP contribution in [0.25, 0.3) is 17.4 Å². The zero-order valence-corrected chi connectivity index (χ0v) is 24.4. The summed E-state index contributed by atoms with van der Waals surface area (Å²) in [5, 5.41) is 0. The van der Waals surface area contributed by atoms with Gasteiger partial charge in [-0.1, -0.05) is 23.5 Å². The lowest BCUT2D eigenvalue weighted by molar-refractivity contribution is -0.139. The third kappa shape index (κ3) is 5.26. The minimum Gasteiger partial charge on any atom is -0.497 e. The number of ether oxygens (including phenoxy) is 4. The standard InChI is InChI=1S/C31H28N2O8S/c1-6-40-30(36)26-17(2)32-31-33(27(26)22-15-20(37-3)10-13-24(22)38-4)28(34)25(42-31)16-21-11-12-23(41-21)18-8-7-9-19(14-18)29(35)39-5/h7-16,27H,6H2,1-5H3/b25-16+/t27-/m0/s1. The number of benzene rings is 2. The number of rotatable bonds is 8. The fourth-order valence-electron chi connectivity index (χ4n) is 4.77. The van der Waals surface area contributed by atoms with E-state index in [4.69, 9.17) is 23.4 Å². The van der Waals surface area contributed by atoms with Crippen LogP contribution in [0.2, 0.25) is 0 Å². The summed E-state index contributed by atoms with van der Waals surface area (Å²) in [7, 11) is 4.38. The normalized spacial score (nSPS) is 14.7. The van der Waals surface area contributed by atoms with E-state index in [9.17, 15) is 14.4 Å². The van der Waals surface area contributed by atoms with E-state index in [0.717, 1.165) is 0 Å². The van der Waals surface area contributed by atoms with Gasteiger partial charge in [0.2, 0.25) is 0 Å². The molecule has 0 radical (unpaired) electrons. The molecule has 1 aliphatic rings. The van der Waals surface area contributed by atoms with Crippen molar-refractivity contribution in [2.24, 2.45) is 4.99 Å². The zero-order chi connectivity index (χ0) is 30.0. The molecule has 0 saturated heterocycles. The minimum absolute atomic E-state index is 0.158. The topological polar surface area (TPSA) is 119 Å². The van der Waals surface area contributed by atoms with Gasteiger partial charge < -0.3 is 23.4 Å². The van der Waals surface area contributed by atoms with Crippen LogP contribution >= 0.6 is 11.3 Å². The van der Waals surface area contributed by atoms with Gasteiger partial charge in [-0.25, -0.2) is 14.6 Å². The number of thiazole rings is 1. The Kier molecular flexibility index (Phi) is 8.12. The fraction of sp³-hybridized carbons (Fsp3) is 0.226. The highest BCUT2D eigenvalue weighted by Crippen LogP contribution is 2.37. The number of hydrogen-bond donors (Lipinski definition) is 0. The molecule has 0 amide bonds.